The molecule has 0 aliphatic carbocycles. The SMILES string of the molecule is CC=Cc1ccc([C@@H]2[C@H](CO)N3C(=O)CN(S(=O)(=O)c4ccccc4)C[C@@H]23)cc1. The number of nitrogens with zero attached hydrogens (tertiary/aromatic N) is 2. The molecular weight excluding hydrogens is 388 g/mol. The van der Waals surface area contributed by atoms with Crippen LogP contribution in [-0.4, -0.2) is 60.4 Å². The predicted octanol–water partition coefficient (Wildman–Crippen LogP) is 2.08. The van der Waals surface area contributed by atoms with Gasteiger partial charge in [-0.3, -0.25) is 4.79 Å². The Labute approximate surface area is 171 Å². The number of piperazine rings is 1. The second-order valence-corrected chi connectivity index (χ2v) is 9.36. The van der Waals surface area contributed by atoms with Crippen molar-refractivity contribution in [3.63, 3.8) is 0 Å². The molecule has 2 fully saturated rings. The quantitative estimate of drug-likeness (QED) is 0.816. The van der Waals surface area contributed by atoms with E-state index < -0.39 is 10.0 Å². The van der Waals surface area contributed by atoms with Crippen LogP contribution in [0, 0.1) is 0 Å². The zero-order chi connectivity index (χ0) is 20.6. The van der Waals surface area contributed by atoms with Crippen molar-refractivity contribution in [2.24, 2.45) is 0 Å². The van der Waals surface area contributed by atoms with Crippen molar-refractivity contribution in [3.8, 4) is 0 Å². The van der Waals surface area contributed by atoms with Crippen LogP contribution < -0.4 is 0 Å². The molecule has 0 unspecified atom stereocenters. The molecule has 0 spiro atoms. The first kappa shape index (κ1) is 19.8. The highest BCUT2D eigenvalue weighted by atomic mass is 32.2. The van der Waals surface area contributed by atoms with Gasteiger partial charge in [0.15, 0.2) is 0 Å². The number of rotatable bonds is 5. The zero-order valence-electron chi connectivity index (χ0n) is 16.2. The Hall–Kier alpha value is -2.48. The summed E-state index contributed by atoms with van der Waals surface area (Å²) in [5.74, 6) is -0.362. The fraction of sp³-hybridized carbons (Fsp3) is 0.318. The Bertz CT molecular complexity index is 1020. The lowest BCUT2D eigenvalue weighted by Crippen LogP contribution is -2.73. The average Bonchev–Trinajstić information content (AvgIpc) is 2.71. The molecule has 152 valence electrons. The molecule has 0 bridgehead atoms. The molecular formula is C22H24N2O4S. The van der Waals surface area contributed by atoms with Gasteiger partial charge in [-0.05, 0) is 30.2 Å². The highest BCUT2D eigenvalue weighted by Gasteiger charge is 2.55. The first-order chi connectivity index (χ1) is 14.0. The largest absolute Gasteiger partial charge is 0.394 e. The van der Waals surface area contributed by atoms with Gasteiger partial charge in [0.25, 0.3) is 0 Å². The lowest BCUT2D eigenvalue weighted by Gasteiger charge is -2.58. The Morgan fingerprint density at radius 3 is 2.41 bits per heavy atom. The topological polar surface area (TPSA) is 77.9 Å². The maximum atomic E-state index is 13.0. The molecule has 7 heteroatoms. The van der Waals surface area contributed by atoms with Crippen molar-refractivity contribution in [3.05, 3.63) is 71.8 Å². The number of allylic oxidation sites excluding steroid dienone is 1. The third-order valence-corrected chi connectivity index (χ3v) is 7.61. The molecule has 1 N–H and O–H groups in total. The summed E-state index contributed by atoms with van der Waals surface area (Å²) in [5, 5.41) is 9.88. The van der Waals surface area contributed by atoms with Crippen molar-refractivity contribution in [1.82, 2.24) is 9.21 Å². The third-order valence-electron chi connectivity index (χ3n) is 5.78. The Morgan fingerprint density at radius 2 is 1.79 bits per heavy atom. The van der Waals surface area contributed by atoms with Crippen LogP contribution in [-0.2, 0) is 14.8 Å². The van der Waals surface area contributed by atoms with E-state index in [-0.39, 0.29) is 48.5 Å². The highest BCUT2D eigenvalue weighted by molar-refractivity contribution is 7.89. The van der Waals surface area contributed by atoms with E-state index in [1.807, 2.05) is 43.3 Å². The maximum Gasteiger partial charge on any atom is 0.243 e. The van der Waals surface area contributed by atoms with Crippen LogP contribution in [0.1, 0.15) is 24.0 Å². The van der Waals surface area contributed by atoms with Gasteiger partial charge in [-0.1, -0.05) is 54.6 Å². The van der Waals surface area contributed by atoms with Crippen molar-refractivity contribution >= 4 is 22.0 Å². The molecule has 0 aromatic heterocycles. The molecule has 2 saturated heterocycles. The second-order valence-electron chi connectivity index (χ2n) is 7.42. The van der Waals surface area contributed by atoms with Crippen LogP contribution in [0.3, 0.4) is 0 Å². The number of hydrogen-bond donors (Lipinski definition) is 1. The molecule has 2 heterocycles. The van der Waals surface area contributed by atoms with Gasteiger partial charge in [0, 0.05) is 12.5 Å². The summed E-state index contributed by atoms with van der Waals surface area (Å²) in [6.07, 6.45) is 3.96. The Kier molecular flexibility index (Phi) is 5.29. The smallest absolute Gasteiger partial charge is 0.243 e. The fourth-order valence-electron chi connectivity index (χ4n) is 4.42. The summed E-state index contributed by atoms with van der Waals surface area (Å²) in [4.78, 5) is 14.6. The van der Waals surface area contributed by atoms with E-state index in [0.29, 0.717) is 0 Å². The van der Waals surface area contributed by atoms with Gasteiger partial charge in [-0.2, -0.15) is 4.31 Å². The van der Waals surface area contributed by atoms with Crippen LogP contribution in [0.4, 0.5) is 0 Å². The lowest BCUT2D eigenvalue weighted by molar-refractivity contribution is -0.158. The van der Waals surface area contributed by atoms with E-state index in [0.717, 1.165) is 11.1 Å². The van der Waals surface area contributed by atoms with Gasteiger partial charge < -0.3 is 10.0 Å². The van der Waals surface area contributed by atoms with E-state index in [4.69, 9.17) is 0 Å². The molecule has 1 amide bonds. The molecule has 0 saturated carbocycles. The number of benzene rings is 2. The minimum atomic E-state index is -3.75. The zero-order valence-corrected chi connectivity index (χ0v) is 17.0. The number of amides is 1. The number of aliphatic hydroxyl groups excluding tert-OH is 1. The number of aliphatic hydroxyl groups is 1. The van der Waals surface area contributed by atoms with Gasteiger partial charge in [-0.25, -0.2) is 8.42 Å². The Balaban J connectivity index is 1.62. The number of hydrogen-bond acceptors (Lipinski definition) is 4. The lowest BCUT2D eigenvalue weighted by atomic mass is 9.74. The second kappa shape index (κ2) is 7.74. The summed E-state index contributed by atoms with van der Waals surface area (Å²) in [6, 6.07) is 15.6. The number of carbonyl (C=O) groups excluding carboxylic acids is 1. The van der Waals surface area contributed by atoms with Crippen LogP contribution in [0.5, 0.6) is 0 Å². The predicted molar refractivity (Wildman–Crippen MR) is 111 cm³/mol. The molecule has 2 aromatic rings. The summed E-state index contributed by atoms with van der Waals surface area (Å²) in [5.41, 5.74) is 2.08. The summed E-state index contributed by atoms with van der Waals surface area (Å²) >= 11 is 0. The Morgan fingerprint density at radius 1 is 1.10 bits per heavy atom. The van der Waals surface area contributed by atoms with Crippen LogP contribution in [0.15, 0.2) is 65.6 Å². The van der Waals surface area contributed by atoms with Gasteiger partial charge in [0.1, 0.15) is 0 Å². The van der Waals surface area contributed by atoms with E-state index >= 15 is 0 Å². The fourth-order valence-corrected chi connectivity index (χ4v) is 5.84. The minimum absolute atomic E-state index is 0.0996. The normalized spacial score (nSPS) is 25.1. The summed E-state index contributed by atoms with van der Waals surface area (Å²) < 4.78 is 27.3. The molecule has 6 nitrogen and oxygen atoms in total. The first-order valence-electron chi connectivity index (χ1n) is 9.67. The molecule has 3 atom stereocenters. The summed E-state index contributed by atoms with van der Waals surface area (Å²) in [7, 11) is -3.75. The molecule has 2 aliphatic rings. The van der Waals surface area contributed by atoms with Crippen LogP contribution in [0.25, 0.3) is 6.08 Å². The summed E-state index contributed by atoms with van der Waals surface area (Å²) in [6.45, 7) is 1.84. The molecule has 4 rings (SSSR count). The van der Waals surface area contributed by atoms with E-state index in [1.165, 1.54) is 4.31 Å². The van der Waals surface area contributed by atoms with Gasteiger partial charge in [-0.15, -0.1) is 0 Å². The standard InChI is InChI=1S/C22H24N2O4S/c1-2-6-16-9-11-17(12-10-16)22-19-13-23(14-21(26)24(19)20(22)15-25)29(27,28)18-7-4-3-5-8-18/h2-12,19-20,22,25H,13-15H2,1H3/t19-,20-,22-/m0/s1. The van der Waals surface area contributed by atoms with Crippen molar-refractivity contribution in [2.75, 3.05) is 19.7 Å². The van der Waals surface area contributed by atoms with Gasteiger partial charge in [0.05, 0.1) is 30.1 Å². The van der Waals surface area contributed by atoms with Crippen LogP contribution >= 0.6 is 0 Å². The number of sulfonamides is 1. The maximum absolute atomic E-state index is 13.0. The van der Waals surface area contributed by atoms with Crippen molar-refractivity contribution < 1.29 is 18.3 Å². The first-order valence-corrected chi connectivity index (χ1v) is 11.1. The molecule has 0 radical (unpaired) electrons. The molecule has 2 aromatic carbocycles. The number of fused-ring (bicyclic) bond motifs is 1. The van der Waals surface area contributed by atoms with E-state index in [9.17, 15) is 18.3 Å². The monoisotopic (exact) mass is 412 g/mol. The van der Waals surface area contributed by atoms with Crippen molar-refractivity contribution in [1.29, 1.82) is 0 Å². The molecule has 29 heavy (non-hydrogen) atoms. The van der Waals surface area contributed by atoms with E-state index in [1.54, 1.807) is 35.2 Å². The van der Waals surface area contributed by atoms with Crippen LogP contribution in [0.2, 0.25) is 0 Å². The van der Waals surface area contributed by atoms with Gasteiger partial charge in [0.2, 0.25) is 15.9 Å². The minimum Gasteiger partial charge on any atom is -0.394 e. The third kappa shape index (κ3) is 3.39. The number of carbonyl (C=O) groups is 1. The molecule has 2 aliphatic heterocycles. The average molecular weight is 413 g/mol. The highest BCUT2D eigenvalue weighted by Crippen LogP contribution is 2.43. The van der Waals surface area contributed by atoms with Gasteiger partial charge >= 0.3 is 0 Å². The van der Waals surface area contributed by atoms with Crippen molar-refractivity contribution in [2.45, 2.75) is 29.8 Å². The van der Waals surface area contributed by atoms with E-state index in [2.05, 4.69) is 0 Å².